The Morgan fingerprint density at radius 3 is 2.60 bits per heavy atom. The highest BCUT2D eigenvalue weighted by Gasteiger charge is 2.25. The topological polar surface area (TPSA) is 65.8 Å². The Kier molecular flexibility index (Phi) is 5.30. The predicted molar refractivity (Wildman–Crippen MR) is 96.8 cm³/mol. The molecule has 2 aromatic rings. The fraction of sp³-hybridized carbons (Fsp3) is 0.444. The number of halogens is 1. The highest BCUT2D eigenvalue weighted by molar-refractivity contribution is 6.31. The summed E-state index contributed by atoms with van der Waals surface area (Å²) in [5.41, 5.74) is 0.650. The van der Waals surface area contributed by atoms with E-state index in [0.29, 0.717) is 49.1 Å². The van der Waals surface area contributed by atoms with Crippen LogP contribution in [0, 0.1) is 0 Å². The van der Waals surface area contributed by atoms with E-state index in [-0.39, 0.29) is 17.9 Å². The first-order valence-electron chi connectivity index (χ1n) is 8.42. The molecule has 1 aromatic carbocycles. The Morgan fingerprint density at radius 2 is 1.92 bits per heavy atom. The minimum absolute atomic E-state index is 0.0175. The summed E-state index contributed by atoms with van der Waals surface area (Å²) in [6.45, 7) is 6.73. The number of hydrogen-bond acceptors (Lipinski definition) is 4. The largest absolute Gasteiger partial charge is 0.451 e. The van der Waals surface area contributed by atoms with Gasteiger partial charge in [-0.1, -0.05) is 11.6 Å². The van der Waals surface area contributed by atoms with Gasteiger partial charge in [0.1, 0.15) is 5.58 Å². The average molecular weight is 364 g/mol. The van der Waals surface area contributed by atoms with Crippen LogP contribution in [0.25, 0.3) is 11.0 Å². The third-order valence-electron chi connectivity index (χ3n) is 4.17. The van der Waals surface area contributed by atoms with Crippen molar-refractivity contribution in [2.24, 2.45) is 0 Å². The van der Waals surface area contributed by atoms with E-state index < -0.39 is 0 Å². The molecule has 1 saturated heterocycles. The van der Waals surface area contributed by atoms with Crippen molar-refractivity contribution < 1.29 is 14.0 Å². The van der Waals surface area contributed by atoms with Gasteiger partial charge in [-0.25, -0.2) is 0 Å². The van der Waals surface area contributed by atoms with Gasteiger partial charge in [0.15, 0.2) is 5.76 Å². The molecule has 6 nitrogen and oxygen atoms in total. The van der Waals surface area contributed by atoms with E-state index in [4.69, 9.17) is 16.0 Å². The average Bonchev–Trinajstić information content (AvgIpc) is 2.97. The summed E-state index contributed by atoms with van der Waals surface area (Å²) >= 11 is 5.97. The minimum atomic E-state index is -0.126. The number of hydrogen-bond donors (Lipinski definition) is 1. The molecule has 0 unspecified atom stereocenters. The van der Waals surface area contributed by atoms with Gasteiger partial charge in [-0.15, -0.1) is 0 Å². The number of carbonyl (C=O) groups excluding carboxylic acids is 2. The summed E-state index contributed by atoms with van der Waals surface area (Å²) < 4.78 is 5.65. The lowest BCUT2D eigenvalue weighted by Crippen LogP contribution is -2.51. The molecule has 0 spiro atoms. The van der Waals surface area contributed by atoms with Gasteiger partial charge in [0.05, 0.1) is 6.54 Å². The maximum atomic E-state index is 12.6. The molecule has 3 rings (SSSR count). The monoisotopic (exact) mass is 363 g/mol. The number of fused-ring (bicyclic) bond motifs is 1. The standard InChI is InChI=1S/C18H22ClN3O3/c1-12(2)20-17(23)11-21-5-7-22(8-6-21)18(24)16-10-13-9-14(19)3-4-15(13)25-16/h3-4,9-10,12H,5-8,11H2,1-2H3,(H,20,23). The Hall–Kier alpha value is -2.05. The molecule has 1 aliphatic heterocycles. The molecule has 134 valence electrons. The van der Waals surface area contributed by atoms with Crippen LogP contribution in [0.5, 0.6) is 0 Å². The normalized spacial score (nSPS) is 15.8. The van der Waals surface area contributed by atoms with Gasteiger partial charge in [-0.05, 0) is 38.1 Å². The van der Waals surface area contributed by atoms with E-state index in [0.717, 1.165) is 5.39 Å². The van der Waals surface area contributed by atoms with Crippen molar-refractivity contribution in [1.29, 1.82) is 0 Å². The van der Waals surface area contributed by atoms with E-state index in [1.165, 1.54) is 0 Å². The van der Waals surface area contributed by atoms with Crippen molar-refractivity contribution in [3.63, 3.8) is 0 Å². The predicted octanol–water partition coefficient (Wildman–Crippen LogP) is 2.37. The fourth-order valence-electron chi connectivity index (χ4n) is 2.96. The lowest BCUT2D eigenvalue weighted by Gasteiger charge is -2.33. The molecule has 25 heavy (non-hydrogen) atoms. The van der Waals surface area contributed by atoms with Crippen molar-refractivity contribution in [2.75, 3.05) is 32.7 Å². The second kappa shape index (κ2) is 7.45. The van der Waals surface area contributed by atoms with Crippen LogP contribution in [0.3, 0.4) is 0 Å². The summed E-state index contributed by atoms with van der Waals surface area (Å²) in [6, 6.07) is 7.15. The van der Waals surface area contributed by atoms with Crippen LogP contribution in [0.2, 0.25) is 5.02 Å². The van der Waals surface area contributed by atoms with E-state index in [1.54, 1.807) is 29.2 Å². The zero-order chi connectivity index (χ0) is 18.0. The van der Waals surface area contributed by atoms with Gasteiger partial charge >= 0.3 is 0 Å². The number of rotatable bonds is 4. The SMILES string of the molecule is CC(C)NC(=O)CN1CCN(C(=O)c2cc3cc(Cl)ccc3o2)CC1. The Morgan fingerprint density at radius 1 is 1.20 bits per heavy atom. The Balaban J connectivity index is 1.58. The molecule has 1 N–H and O–H groups in total. The second-order valence-electron chi connectivity index (χ2n) is 6.58. The van der Waals surface area contributed by atoms with Gasteiger partial charge in [0, 0.05) is 42.6 Å². The number of amides is 2. The van der Waals surface area contributed by atoms with Crippen LogP contribution in [-0.2, 0) is 4.79 Å². The molecule has 0 saturated carbocycles. The summed E-state index contributed by atoms with van der Waals surface area (Å²) in [5, 5.41) is 4.31. The first-order chi connectivity index (χ1) is 11.9. The van der Waals surface area contributed by atoms with Crippen LogP contribution >= 0.6 is 11.6 Å². The van der Waals surface area contributed by atoms with Crippen LogP contribution in [0.4, 0.5) is 0 Å². The molecule has 2 heterocycles. The molecule has 0 bridgehead atoms. The number of carbonyl (C=O) groups is 2. The third-order valence-corrected chi connectivity index (χ3v) is 4.40. The van der Waals surface area contributed by atoms with Gasteiger partial charge < -0.3 is 14.6 Å². The van der Waals surface area contributed by atoms with Crippen molar-refractivity contribution >= 4 is 34.4 Å². The van der Waals surface area contributed by atoms with Gasteiger partial charge in [0.2, 0.25) is 5.91 Å². The number of nitrogens with zero attached hydrogens (tertiary/aromatic N) is 2. The summed E-state index contributed by atoms with van der Waals surface area (Å²) in [7, 11) is 0. The molecule has 0 aliphatic carbocycles. The molecule has 1 aliphatic rings. The van der Waals surface area contributed by atoms with E-state index in [1.807, 2.05) is 13.8 Å². The van der Waals surface area contributed by atoms with Crippen LogP contribution in [0.15, 0.2) is 28.7 Å². The van der Waals surface area contributed by atoms with Crippen molar-refractivity contribution in [3.8, 4) is 0 Å². The lowest BCUT2D eigenvalue weighted by molar-refractivity contribution is -0.123. The first kappa shape index (κ1) is 17.8. The number of benzene rings is 1. The number of nitrogens with one attached hydrogen (secondary N) is 1. The molecule has 0 atom stereocenters. The summed E-state index contributed by atoms with van der Waals surface area (Å²) in [5.74, 6) is 0.214. The molecule has 7 heteroatoms. The number of piperazine rings is 1. The Labute approximate surface area is 151 Å². The molecular formula is C18H22ClN3O3. The molecule has 0 radical (unpaired) electrons. The highest BCUT2D eigenvalue weighted by atomic mass is 35.5. The van der Waals surface area contributed by atoms with E-state index in [9.17, 15) is 9.59 Å². The van der Waals surface area contributed by atoms with Crippen LogP contribution in [0.1, 0.15) is 24.4 Å². The fourth-order valence-corrected chi connectivity index (χ4v) is 3.14. The zero-order valence-corrected chi connectivity index (χ0v) is 15.2. The molecular weight excluding hydrogens is 342 g/mol. The van der Waals surface area contributed by atoms with Crippen LogP contribution in [-0.4, -0.2) is 60.4 Å². The highest BCUT2D eigenvalue weighted by Crippen LogP contribution is 2.24. The van der Waals surface area contributed by atoms with Gasteiger partial charge in [0.25, 0.3) is 5.91 Å². The summed E-state index contributed by atoms with van der Waals surface area (Å²) in [6.07, 6.45) is 0. The number of furan rings is 1. The smallest absolute Gasteiger partial charge is 0.289 e. The van der Waals surface area contributed by atoms with E-state index >= 15 is 0 Å². The maximum Gasteiger partial charge on any atom is 0.289 e. The van der Waals surface area contributed by atoms with E-state index in [2.05, 4.69) is 10.2 Å². The molecule has 1 fully saturated rings. The maximum absolute atomic E-state index is 12.6. The molecule has 1 aromatic heterocycles. The summed E-state index contributed by atoms with van der Waals surface area (Å²) in [4.78, 5) is 28.3. The molecule has 2 amide bonds. The quantitative estimate of drug-likeness (QED) is 0.905. The Bertz CT molecular complexity index is 779. The lowest BCUT2D eigenvalue weighted by atomic mass is 10.2. The second-order valence-corrected chi connectivity index (χ2v) is 7.02. The van der Waals surface area contributed by atoms with Crippen molar-refractivity contribution in [2.45, 2.75) is 19.9 Å². The van der Waals surface area contributed by atoms with Crippen molar-refractivity contribution in [3.05, 3.63) is 35.0 Å². The third kappa shape index (κ3) is 4.32. The zero-order valence-electron chi connectivity index (χ0n) is 14.4. The minimum Gasteiger partial charge on any atom is -0.451 e. The first-order valence-corrected chi connectivity index (χ1v) is 8.80. The van der Waals surface area contributed by atoms with Gasteiger partial charge in [-0.2, -0.15) is 0 Å². The van der Waals surface area contributed by atoms with Gasteiger partial charge in [-0.3, -0.25) is 14.5 Å². The van der Waals surface area contributed by atoms with Crippen molar-refractivity contribution in [1.82, 2.24) is 15.1 Å². The van der Waals surface area contributed by atoms with Crippen LogP contribution < -0.4 is 5.32 Å².